The molecule has 0 aromatic rings. The smallest absolute Gasteiger partial charge is 0.239 e. The summed E-state index contributed by atoms with van der Waals surface area (Å²) < 4.78 is 0. The number of halogens is 1. The van der Waals surface area contributed by atoms with E-state index in [0.717, 1.165) is 13.0 Å². The fourth-order valence-corrected chi connectivity index (χ4v) is 1.44. The van der Waals surface area contributed by atoms with Crippen LogP contribution >= 0.6 is 12.4 Å². The van der Waals surface area contributed by atoms with Crippen molar-refractivity contribution < 1.29 is 9.59 Å². The molecule has 0 radical (unpaired) electrons. The number of nitrogens with one attached hydrogen (secondary N) is 2. The van der Waals surface area contributed by atoms with Crippen LogP contribution in [-0.4, -0.2) is 30.9 Å². The second-order valence-electron chi connectivity index (χ2n) is 4.88. The van der Waals surface area contributed by atoms with E-state index in [9.17, 15) is 9.59 Å². The maximum atomic E-state index is 11.6. The van der Waals surface area contributed by atoms with E-state index in [4.69, 9.17) is 5.73 Å². The molecule has 18 heavy (non-hydrogen) atoms. The first-order valence-corrected chi connectivity index (χ1v) is 6.34. The Morgan fingerprint density at radius 3 is 2.44 bits per heavy atom. The minimum Gasteiger partial charge on any atom is -0.354 e. The fourth-order valence-electron chi connectivity index (χ4n) is 1.44. The summed E-state index contributed by atoms with van der Waals surface area (Å²) in [4.78, 5) is 23.0. The van der Waals surface area contributed by atoms with Crippen molar-refractivity contribution >= 4 is 24.2 Å². The lowest BCUT2D eigenvalue weighted by molar-refractivity contribution is -0.127. The first-order valence-electron chi connectivity index (χ1n) is 6.34. The predicted octanol–water partition coefficient (Wildman–Crippen LogP) is 0.424. The van der Waals surface area contributed by atoms with Gasteiger partial charge < -0.3 is 16.4 Å². The van der Waals surface area contributed by atoms with E-state index in [-0.39, 0.29) is 36.7 Å². The van der Waals surface area contributed by atoms with Crippen molar-refractivity contribution in [3.05, 3.63) is 0 Å². The Balaban J connectivity index is 0.00000289. The number of nitrogens with two attached hydrogens (primary N) is 1. The van der Waals surface area contributed by atoms with Crippen molar-refractivity contribution in [3.8, 4) is 0 Å². The molecule has 2 amide bonds. The lowest BCUT2D eigenvalue weighted by atomic mass is 9.99. The van der Waals surface area contributed by atoms with Crippen molar-refractivity contribution in [2.45, 2.75) is 39.2 Å². The molecule has 0 heterocycles. The third-order valence-electron chi connectivity index (χ3n) is 3.27. The molecule has 0 aromatic heterocycles. The van der Waals surface area contributed by atoms with Gasteiger partial charge in [0.1, 0.15) is 0 Å². The van der Waals surface area contributed by atoms with Crippen molar-refractivity contribution in [2.75, 3.05) is 13.1 Å². The summed E-state index contributed by atoms with van der Waals surface area (Å²) in [5.74, 6) is 0.393. The molecule has 0 bridgehead atoms. The molecule has 5 nitrogen and oxygen atoms in total. The molecule has 0 aromatic carbocycles. The highest BCUT2D eigenvalue weighted by Crippen LogP contribution is 2.27. The Kier molecular flexibility index (Phi) is 7.95. The molecule has 0 spiro atoms. The largest absolute Gasteiger partial charge is 0.354 e. The summed E-state index contributed by atoms with van der Waals surface area (Å²) in [6.45, 7) is 4.67. The van der Waals surface area contributed by atoms with E-state index >= 15 is 0 Å². The van der Waals surface area contributed by atoms with Crippen molar-refractivity contribution in [3.63, 3.8) is 0 Å². The normalized spacial score (nSPS) is 17.3. The number of amides is 2. The zero-order chi connectivity index (χ0) is 12.8. The van der Waals surface area contributed by atoms with Gasteiger partial charge in [0.05, 0.1) is 12.6 Å². The number of hydrogen-bond acceptors (Lipinski definition) is 3. The van der Waals surface area contributed by atoms with E-state index in [1.54, 1.807) is 0 Å². The second kappa shape index (κ2) is 8.32. The topological polar surface area (TPSA) is 84.2 Å². The molecule has 4 N–H and O–H groups in total. The average molecular weight is 278 g/mol. The molecule has 1 aliphatic carbocycles. The number of carbonyl (C=O) groups excluding carboxylic acids is 2. The monoisotopic (exact) mass is 277 g/mol. The van der Waals surface area contributed by atoms with Gasteiger partial charge in [-0.2, -0.15) is 0 Å². The molecule has 0 aliphatic heterocycles. The van der Waals surface area contributed by atoms with Crippen LogP contribution in [0.25, 0.3) is 0 Å². The van der Waals surface area contributed by atoms with Gasteiger partial charge in [-0.1, -0.05) is 20.3 Å². The van der Waals surface area contributed by atoms with Gasteiger partial charge in [-0.25, -0.2) is 0 Å². The molecule has 1 aliphatic rings. The zero-order valence-corrected chi connectivity index (χ0v) is 11.9. The SMILES string of the molecule is CCC(C)C(N)C(=O)NCC(=O)NCC1CC1.Cl. The highest BCUT2D eigenvalue weighted by atomic mass is 35.5. The van der Waals surface area contributed by atoms with Gasteiger partial charge in [0.25, 0.3) is 0 Å². The van der Waals surface area contributed by atoms with Crippen LogP contribution in [0.5, 0.6) is 0 Å². The van der Waals surface area contributed by atoms with Crippen LogP contribution in [0.2, 0.25) is 0 Å². The minimum absolute atomic E-state index is 0. The van der Waals surface area contributed by atoms with E-state index in [0.29, 0.717) is 5.92 Å². The lowest BCUT2D eigenvalue weighted by Crippen LogP contribution is -2.47. The molecule has 2 unspecified atom stereocenters. The molecular weight excluding hydrogens is 254 g/mol. The molecule has 1 rings (SSSR count). The molecular formula is C12H24ClN3O2. The minimum atomic E-state index is -0.531. The standard InChI is InChI=1S/C12H23N3O2.ClH/c1-3-8(2)11(13)12(17)15-7-10(16)14-6-9-4-5-9;/h8-9,11H,3-7,13H2,1-2H3,(H,14,16)(H,15,17);1H. The van der Waals surface area contributed by atoms with Gasteiger partial charge in [0.2, 0.25) is 11.8 Å². The Morgan fingerprint density at radius 2 is 1.94 bits per heavy atom. The molecule has 1 fully saturated rings. The zero-order valence-electron chi connectivity index (χ0n) is 11.1. The van der Waals surface area contributed by atoms with Crippen LogP contribution in [0.4, 0.5) is 0 Å². The first-order chi connectivity index (χ1) is 8.04. The third-order valence-corrected chi connectivity index (χ3v) is 3.27. The van der Waals surface area contributed by atoms with Crippen LogP contribution < -0.4 is 16.4 Å². The maximum absolute atomic E-state index is 11.6. The Labute approximate surface area is 115 Å². The first kappa shape index (κ1) is 17.2. The van der Waals surface area contributed by atoms with Crippen molar-refractivity contribution in [1.82, 2.24) is 10.6 Å². The Hall–Kier alpha value is -0.810. The summed E-state index contributed by atoms with van der Waals surface area (Å²) in [6, 6.07) is -0.531. The Bertz CT molecular complexity index is 282. The molecule has 106 valence electrons. The van der Waals surface area contributed by atoms with E-state index in [1.165, 1.54) is 12.8 Å². The fraction of sp³-hybridized carbons (Fsp3) is 0.833. The van der Waals surface area contributed by atoms with Gasteiger partial charge in [0, 0.05) is 6.54 Å². The van der Waals surface area contributed by atoms with Gasteiger partial charge in [-0.15, -0.1) is 12.4 Å². The summed E-state index contributed by atoms with van der Waals surface area (Å²) >= 11 is 0. The highest BCUT2D eigenvalue weighted by Gasteiger charge is 2.22. The predicted molar refractivity (Wildman–Crippen MR) is 73.4 cm³/mol. The Morgan fingerprint density at radius 1 is 1.33 bits per heavy atom. The molecule has 0 saturated heterocycles. The van der Waals surface area contributed by atoms with Crippen LogP contribution in [-0.2, 0) is 9.59 Å². The van der Waals surface area contributed by atoms with Crippen molar-refractivity contribution in [2.24, 2.45) is 17.6 Å². The summed E-state index contributed by atoms with van der Waals surface area (Å²) in [6.07, 6.45) is 3.25. The van der Waals surface area contributed by atoms with Crippen molar-refractivity contribution in [1.29, 1.82) is 0 Å². The quantitative estimate of drug-likeness (QED) is 0.631. The summed E-state index contributed by atoms with van der Waals surface area (Å²) in [5.41, 5.74) is 5.75. The number of hydrogen-bond donors (Lipinski definition) is 3. The van der Waals surface area contributed by atoms with Gasteiger partial charge in [0.15, 0.2) is 0 Å². The van der Waals surface area contributed by atoms with Gasteiger partial charge >= 0.3 is 0 Å². The van der Waals surface area contributed by atoms with Gasteiger partial charge in [-0.3, -0.25) is 9.59 Å². The summed E-state index contributed by atoms with van der Waals surface area (Å²) in [7, 11) is 0. The molecule has 6 heteroatoms. The van der Waals surface area contributed by atoms with Crippen LogP contribution in [0, 0.1) is 11.8 Å². The average Bonchev–Trinajstić information content (AvgIpc) is 3.15. The van der Waals surface area contributed by atoms with Crippen LogP contribution in [0.3, 0.4) is 0 Å². The van der Waals surface area contributed by atoms with Crippen LogP contribution in [0.15, 0.2) is 0 Å². The van der Waals surface area contributed by atoms with E-state index in [2.05, 4.69) is 10.6 Å². The molecule has 1 saturated carbocycles. The maximum Gasteiger partial charge on any atom is 0.239 e. The summed E-state index contributed by atoms with van der Waals surface area (Å²) in [5, 5.41) is 5.35. The highest BCUT2D eigenvalue weighted by molar-refractivity contribution is 5.87. The van der Waals surface area contributed by atoms with Gasteiger partial charge in [-0.05, 0) is 24.7 Å². The number of carbonyl (C=O) groups is 2. The second-order valence-corrected chi connectivity index (χ2v) is 4.88. The lowest BCUT2D eigenvalue weighted by Gasteiger charge is -2.17. The van der Waals surface area contributed by atoms with Crippen LogP contribution in [0.1, 0.15) is 33.1 Å². The third kappa shape index (κ3) is 6.21. The van der Waals surface area contributed by atoms with E-state index < -0.39 is 6.04 Å². The molecule has 2 atom stereocenters. The van der Waals surface area contributed by atoms with E-state index in [1.807, 2.05) is 13.8 Å². The number of rotatable bonds is 7.